The van der Waals surface area contributed by atoms with Crippen LogP contribution >= 0.6 is 0 Å². The summed E-state index contributed by atoms with van der Waals surface area (Å²) in [6, 6.07) is 8.89. The van der Waals surface area contributed by atoms with Crippen molar-refractivity contribution in [3.05, 3.63) is 24.3 Å². The molecule has 1 saturated heterocycles. The molecule has 150 valence electrons. The molecule has 0 radical (unpaired) electrons. The van der Waals surface area contributed by atoms with Crippen molar-refractivity contribution in [1.82, 2.24) is 9.80 Å². The second-order valence-electron chi connectivity index (χ2n) is 8.08. The molecule has 2 aliphatic rings. The lowest BCUT2D eigenvalue weighted by Crippen LogP contribution is -2.46. The van der Waals surface area contributed by atoms with Crippen molar-refractivity contribution in [2.24, 2.45) is 0 Å². The summed E-state index contributed by atoms with van der Waals surface area (Å²) in [6.07, 6.45) is 7.73. The summed E-state index contributed by atoms with van der Waals surface area (Å²) in [6.45, 7) is 8.24. The molecule has 1 N–H and O–H groups in total. The molecule has 0 unspecified atom stereocenters. The number of nitrogens with zero attached hydrogens (tertiary/aromatic N) is 3. The van der Waals surface area contributed by atoms with Crippen LogP contribution in [0.3, 0.4) is 0 Å². The Morgan fingerprint density at radius 2 is 1.67 bits per heavy atom. The lowest BCUT2D eigenvalue weighted by Gasteiger charge is -2.35. The van der Waals surface area contributed by atoms with Gasteiger partial charge in [-0.2, -0.15) is 0 Å². The van der Waals surface area contributed by atoms with Crippen LogP contribution in [0.15, 0.2) is 24.3 Å². The highest BCUT2D eigenvalue weighted by Gasteiger charge is 2.19. The number of likely N-dealkylation sites (N-methyl/N-ethyl adjacent to an activating group) is 2. The van der Waals surface area contributed by atoms with Gasteiger partial charge in [0.25, 0.3) is 0 Å². The Labute approximate surface area is 164 Å². The van der Waals surface area contributed by atoms with E-state index in [0.717, 1.165) is 38.4 Å². The molecule has 1 aliphatic carbocycles. The Bertz CT molecular complexity index is 572. The average Bonchev–Trinajstić information content (AvgIpc) is 2.98. The summed E-state index contributed by atoms with van der Waals surface area (Å²) in [7, 11) is 2.09. The van der Waals surface area contributed by atoms with Gasteiger partial charge in [0.1, 0.15) is 0 Å². The van der Waals surface area contributed by atoms with Gasteiger partial charge in [0.05, 0.1) is 6.54 Å². The first kappa shape index (κ1) is 20.2. The second-order valence-corrected chi connectivity index (χ2v) is 8.08. The van der Waals surface area contributed by atoms with Gasteiger partial charge in [0.2, 0.25) is 5.91 Å². The average molecular weight is 373 g/mol. The number of hydrogen-bond donors (Lipinski definition) is 1. The predicted molar refractivity (Wildman–Crippen MR) is 114 cm³/mol. The van der Waals surface area contributed by atoms with Crippen molar-refractivity contribution in [2.45, 2.75) is 51.5 Å². The van der Waals surface area contributed by atoms with Gasteiger partial charge in [-0.25, -0.2) is 0 Å². The van der Waals surface area contributed by atoms with E-state index in [1.165, 1.54) is 44.2 Å². The van der Waals surface area contributed by atoms with Crippen LogP contribution in [0.1, 0.15) is 45.4 Å². The Balaban J connectivity index is 1.46. The highest BCUT2D eigenvalue weighted by atomic mass is 16.2. The van der Waals surface area contributed by atoms with Gasteiger partial charge < -0.3 is 15.1 Å². The summed E-state index contributed by atoms with van der Waals surface area (Å²) in [5.41, 5.74) is 2.14. The Morgan fingerprint density at radius 1 is 1.04 bits per heavy atom. The molecule has 1 aromatic carbocycles. The fourth-order valence-corrected chi connectivity index (χ4v) is 4.33. The highest BCUT2D eigenvalue weighted by molar-refractivity contribution is 5.92. The molecular weight excluding hydrogens is 336 g/mol. The molecule has 3 rings (SSSR count). The van der Waals surface area contributed by atoms with Crippen molar-refractivity contribution in [2.75, 3.05) is 56.5 Å². The molecule has 1 amide bonds. The number of carbonyl (C=O) groups excluding carboxylic acids is 1. The molecule has 0 spiro atoms. The van der Waals surface area contributed by atoms with E-state index in [2.05, 4.69) is 46.1 Å². The molecule has 5 heteroatoms. The number of amides is 1. The number of anilines is 2. The lowest BCUT2D eigenvalue weighted by atomic mass is 10.1. The first-order valence-corrected chi connectivity index (χ1v) is 10.7. The molecule has 1 saturated carbocycles. The predicted octanol–water partition coefficient (Wildman–Crippen LogP) is 3.42. The van der Waals surface area contributed by atoms with Gasteiger partial charge in [0, 0.05) is 43.6 Å². The lowest BCUT2D eigenvalue weighted by molar-refractivity contribution is -0.117. The topological polar surface area (TPSA) is 38.8 Å². The first-order chi connectivity index (χ1) is 13.2. The van der Waals surface area contributed by atoms with Crippen LogP contribution in [0, 0.1) is 0 Å². The number of carbonyl (C=O) groups is 1. The van der Waals surface area contributed by atoms with Crippen LogP contribution in [-0.2, 0) is 4.79 Å². The fourth-order valence-electron chi connectivity index (χ4n) is 4.33. The maximum Gasteiger partial charge on any atom is 0.238 e. The third-order valence-electron chi connectivity index (χ3n) is 6.18. The third-order valence-corrected chi connectivity index (χ3v) is 6.18. The van der Waals surface area contributed by atoms with Crippen LogP contribution in [-0.4, -0.2) is 68.1 Å². The van der Waals surface area contributed by atoms with Crippen molar-refractivity contribution in [3.63, 3.8) is 0 Å². The monoisotopic (exact) mass is 372 g/mol. The second kappa shape index (κ2) is 10.1. The van der Waals surface area contributed by atoms with Crippen LogP contribution in [0.4, 0.5) is 11.4 Å². The Kier molecular flexibility index (Phi) is 7.53. The van der Waals surface area contributed by atoms with Crippen molar-refractivity contribution in [3.8, 4) is 0 Å². The molecule has 2 fully saturated rings. The van der Waals surface area contributed by atoms with E-state index in [1.807, 2.05) is 12.1 Å². The first-order valence-electron chi connectivity index (χ1n) is 10.7. The number of rotatable bonds is 6. The zero-order valence-electron chi connectivity index (χ0n) is 17.1. The summed E-state index contributed by atoms with van der Waals surface area (Å²) < 4.78 is 0. The molecular formula is C22H36N4O. The quantitative estimate of drug-likeness (QED) is 0.777. The van der Waals surface area contributed by atoms with E-state index in [-0.39, 0.29) is 5.91 Å². The number of benzene rings is 1. The fraction of sp³-hybridized carbons (Fsp3) is 0.682. The van der Waals surface area contributed by atoms with E-state index in [1.54, 1.807) is 0 Å². The van der Waals surface area contributed by atoms with E-state index in [4.69, 9.17) is 0 Å². The third kappa shape index (κ3) is 5.94. The van der Waals surface area contributed by atoms with Gasteiger partial charge in [-0.05, 0) is 50.7 Å². The van der Waals surface area contributed by atoms with Crippen LogP contribution in [0.5, 0.6) is 0 Å². The van der Waals surface area contributed by atoms with Gasteiger partial charge in [-0.1, -0.05) is 32.6 Å². The Morgan fingerprint density at radius 3 is 2.26 bits per heavy atom. The largest absolute Gasteiger partial charge is 0.369 e. The SMILES string of the molecule is CCN1CCN(c2ccc(NC(=O)CN(C)C3CCCCCC3)cc2)CC1. The van der Waals surface area contributed by atoms with Crippen molar-refractivity contribution < 1.29 is 4.79 Å². The van der Waals surface area contributed by atoms with Gasteiger partial charge in [-0.3, -0.25) is 9.69 Å². The molecule has 1 heterocycles. The summed E-state index contributed by atoms with van der Waals surface area (Å²) in [5.74, 6) is 0.0889. The van der Waals surface area contributed by atoms with Gasteiger partial charge in [0.15, 0.2) is 0 Å². The minimum absolute atomic E-state index is 0.0889. The van der Waals surface area contributed by atoms with Crippen LogP contribution in [0.2, 0.25) is 0 Å². The molecule has 1 aliphatic heterocycles. The molecule has 5 nitrogen and oxygen atoms in total. The van der Waals surface area contributed by atoms with E-state index in [0.29, 0.717) is 12.6 Å². The molecule has 27 heavy (non-hydrogen) atoms. The highest BCUT2D eigenvalue weighted by Crippen LogP contribution is 2.22. The number of hydrogen-bond acceptors (Lipinski definition) is 4. The standard InChI is InChI=1S/C22H36N4O/c1-3-25-14-16-26(17-15-25)21-12-10-19(11-13-21)23-22(27)18-24(2)20-8-6-4-5-7-9-20/h10-13,20H,3-9,14-18H2,1-2H3,(H,23,27). The maximum absolute atomic E-state index is 12.4. The van der Waals surface area contributed by atoms with Gasteiger partial charge in [-0.15, -0.1) is 0 Å². The molecule has 0 bridgehead atoms. The van der Waals surface area contributed by atoms with Gasteiger partial charge >= 0.3 is 0 Å². The molecule has 0 aromatic heterocycles. The smallest absolute Gasteiger partial charge is 0.238 e. The normalized spacial score (nSPS) is 19.9. The van der Waals surface area contributed by atoms with Crippen LogP contribution in [0.25, 0.3) is 0 Å². The molecule has 1 aromatic rings. The zero-order chi connectivity index (χ0) is 19.1. The van der Waals surface area contributed by atoms with E-state index in [9.17, 15) is 4.79 Å². The van der Waals surface area contributed by atoms with E-state index < -0.39 is 0 Å². The maximum atomic E-state index is 12.4. The minimum atomic E-state index is 0.0889. The Hall–Kier alpha value is -1.59. The van der Waals surface area contributed by atoms with Crippen molar-refractivity contribution in [1.29, 1.82) is 0 Å². The van der Waals surface area contributed by atoms with Crippen LogP contribution < -0.4 is 10.2 Å². The minimum Gasteiger partial charge on any atom is -0.369 e. The summed E-state index contributed by atoms with van der Waals surface area (Å²) >= 11 is 0. The summed E-state index contributed by atoms with van der Waals surface area (Å²) in [4.78, 5) is 19.6. The molecule has 0 atom stereocenters. The number of piperazine rings is 1. The zero-order valence-corrected chi connectivity index (χ0v) is 17.1. The summed E-state index contributed by atoms with van der Waals surface area (Å²) in [5, 5.41) is 3.07. The van der Waals surface area contributed by atoms with E-state index >= 15 is 0 Å². The van der Waals surface area contributed by atoms with Crippen molar-refractivity contribution >= 4 is 17.3 Å². The number of nitrogens with one attached hydrogen (secondary N) is 1.